The number of carbonyl (C=O) groups is 1. The molecule has 142 valence electrons. The van der Waals surface area contributed by atoms with Crippen LogP contribution in [0.5, 0.6) is 0 Å². The monoisotopic (exact) mass is 438 g/mol. The van der Waals surface area contributed by atoms with E-state index in [1.54, 1.807) is 6.20 Å². The van der Waals surface area contributed by atoms with Crippen molar-refractivity contribution in [1.82, 2.24) is 14.4 Å². The van der Waals surface area contributed by atoms with Gasteiger partial charge in [-0.05, 0) is 45.8 Å². The molecule has 0 unspecified atom stereocenters. The minimum absolute atomic E-state index is 0.723. The predicted octanol–water partition coefficient (Wildman–Crippen LogP) is 4.86. The number of nitrogens with one attached hydrogen (secondary N) is 1. The Morgan fingerprint density at radius 2 is 1.82 bits per heavy atom. The Bertz CT molecular complexity index is 1060. The molecule has 3 aromatic heterocycles. The molecule has 28 heavy (non-hydrogen) atoms. The third kappa shape index (κ3) is 4.95. The van der Waals surface area contributed by atoms with Gasteiger partial charge in [-0.1, -0.05) is 36.4 Å². The van der Waals surface area contributed by atoms with Crippen molar-refractivity contribution in [2.75, 3.05) is 5.32 Å². The Hall–Kier alpha value is -3.19. The van der Waals surface area contributed by atoms with Crippen molar-refractivity contribution in [2.45, 2.75) is 13.5 Å². The highest BCUT2D eigenvalue weighted by molar-refractivity contribution is 9.10. The predicted molar refractivity (Wildman–Crippen MR) is 113 cm³/mol. The van der Waals surface area contributed by atoms with Crippen molar-refractivity contribution < 1.29 is 9.90 Å². The number of hydrogen-bond donors (Lipinski definition) is 2. The summed E-state index contributed by atoms with van der Waals surface area (Å²) in [6, 6.07) is 20.2. The summed E-state index contributed by atoms with van der Waals surface area (Å²) in [5, 5.41) is 10.9. The number of pyridine rings is 2. The normalized spacial score (nSPS) is 10.2. The summed E-state index contributed by atoms with van der Waals surface area (Å²) >= 11 is 3.54. The maximum Gasteiger partial charge on any atom is 0.300 e. The van der Waals surface area contributed by atoms with E-state index in [1.165, 1.54) is 5.56 Å². The van der Waals surface area contributed by atoms with Crippen molar-refractivity contribution in [1.29, 1.82) is 0 Å². The van der Waals surface area contributed by atoms with Gasteiger partial charge in [0.15, 0.2) is 0 Å². The van der Waals surface area contributed by atoms with E-state index >= 15 is 0 Å². The summed E-state index contributed by atoms with van der Waals surface area (Å²) in [4.78, 5) is 18.2. The molecule has 0 saturated heterocycles. The maximum atomic E-state index is 9.00. The number of aromatic nitrogens is 3. The van der Waals surface area contributed by atoms with Gasteiger partial charge >= 0.3 is 0 Å². The number of rotatable bonds is 4. The van der Waals surface area contributed by atoms with Gasteiger partial charge < -0.3 is 10.4 Å². The van der Waals surface area contributed by atoms with Crippen LogP contribution in [0.3, 0.4) is 0 Å². The van der Waals surface area contributed by atoms with Crippen molar-refractivity contribution in [3.05, 3.63) is 83.1 Å². The lowest BCUT2D eigenvalue weighted by atomic mass is 10.2. The molecule has 0 amide bonds. The van der Waals surface area contributed by atoms with Crippen molar-refractivity contribution >= 4 is 33.4 Å². The molecule has 4 rings (SSSR count). The van der Waals surface area contributed by atoms with Gasteiger partial charge in [0.1, 0.15) is 17.2 Å². The molecule has 2 N–H and O–H groups in total. The average molecular weight is 439 g/mol. The van der Waals surface area contributed by atoms with Crippen LogP contribution in [0, 0.1) is 0 Å². The number of fused-ring (bicyclic) bond motifs is 1. The minimum Gasteiger partial charge on any atom is -0.481 e. The first-order valence-corrected chi connectivity index (χ1v) is 9.40. The molecule has 0 saturated carbocycles. The number of imidazole rings is 1. The second-order valence-electron chi connectivity index (χ2n) is 5.96. The van der Waals surface area contributed by atoms with Gasteiger partial charge in [-0.25, -0.2) is 4.98 Å². The highest BCUT2D eigenvalue weighted by Gasteiger charge is 2.15. The number of anilines is 1. The van der Waals surface area contributed by atoms with Crippen LogP contribution in [0.25, 0.3) is 17.0 Å². The third-order valence-corrected chi connectivity index (χ3v) is 4.26. The zero-order chi connectivity index (χ0) is 19.9. The first-order valence-electron chi connectivity index (χ1n) is 8.61. The Labute approximate surface area is 171 Å². The third-order valence-electron chi connectivity index (χ3n) is 3.79. The highest BCUT2D eigenvalue weighted by Crippen LogP contribution is 2.28. The number of halogens is 1. The number of aliphatic carboxylic acids is 1. The second kappa shape index (κ2) is 9.14. The molecular weight excluding hydrogens is 420 g/mol. The minimum atomic E-state index is -0.833. The van der Waals surface area contributed by atoms with Gasteiger partial charge in [-0.2, -0.15) is 0 Å². The quantitative estimate of drug-likeness (QED) is 0.475. The summed E-state index contributed by atoms with van der Waals surface area (Å²) < 4.78 is 3.06. The van der Waals surface area contributed by atoms with E-state index in [1.807, 2.05) is 54.7 Å². The van der Waals surface area contributed by atoms with E-state index in [-0.39, 0.29) is 0 Å². The summed E-state index contributed by atoms with van der Waals surface area (Å²) in [6.45, 7) is 1.81. The topological polar surface area (TPSA) is 79.5 Å². The maximum absolute atomic E-state index is 9.00. The number of hydrogen-bond acceptors (Lipinski definition) is 4. The Balaban J connectivity index is 0.000000516. The average Bonchev–Trinajstić information content (AvgIpc) is 3.05. The largest absolute Gasteiger partial charge is 0.481 e. The summed E-state index contributed by atoms with van der Waals surface area (Å²) in [5.41, 5.74) is 3.81. The molecule has 4 aromatic rings. The van der Waals surface area contributed by atoms with E-state index in [0.29, 0.717) is 0 Å². The molecule has 0 spiro atoms. The van der Waals surface area contributed by atoms with Crippen molar-refractivity contribution in [2.24, 2.45) is 0 Å². The molecule has 0 radical (unpaired) electrons. The number of carboxylic acid groups (broad SMARTS) is 1. The number of benzene rings is 1. The lowest BCUT2D eigenvalue weighted by molar-refractivity contribution is -0.134. The smallest absolute Gasteiger partial charge is 0.300 e. The molecular formula is C21H19BrN4O2. The van der Waals surface area contributed by atoms with Crippen LogP contribution in [0.1, 0.15) is 12.5 Å². The summed E-state index contributed by atoms with van der Waals surface area (Å²) in [7, 11) is 0. The van der Waals surface area contributed by atoms with Gasteiger partial charge in [0.05, 0.1) is 5.69 Å². The molecule has 0 aliphatic rings. The molecule has 1 aromatic carbocycles. The van der Waals surface area contributed by atoms with E-state index in [0.717, 1.165) is 40.8 Å². The van der Waals surface area contributed by atoms with Crippen molar-refractivity contribution in [3.63, 3.8) is 0 Å². The molecule has 3 heterocycles. The molecule has 0 fully saturated rings. The molecule has 6 nitrogen and oxygen atoms in total. The lowest BCUT2D eigenvalue weighted by Gasteiger charge is -2.09. The Morgan fingerprint density at radius 1 is 1.11 bits per heavy atom. The van der Waals surface area contributed by atoms with Gasteiger partial charge in [0.25, 0.3) is 5.97 Å². The summed E-state index contributed by atoms with van der Waals surface area (Å²) in [5.74, 6) is 0.105. The molecule has 0 aliphatic carbocycles. The fraction of sp³-hybridized carbons (Fsp3) is 0.0952. The fourth-order valence-electron chi connectivity index (χ4n) is 2.65. The molecule has 0 aliphatic heterocycles. The zero-order valence-corrected chi connectivity index (χ0v) is 16.8. The fourth-order valence-corrected chi connectivity index (χ4v) is 2.99. The lowest BCUT2D eigenvalue weighted by Crippen LogP contribution is -2.03. The second-order valence-corrected chi connectivity index (χ2v) is 6.87. The van der Waals surface area contributed by atoms with E-state index < -0.39 is 5.97 Å². The molecule has 0 atom stereocenters. The van der Waals surface area contributed by atoms with Gasteiger partial charge in [-0.15, -0.1) is 0 Å². The van der Waals surface area contributed by atoms with Crippen LogP contribution in [-0.4, -0.2) is 25.4 Å². The number of carboxylic acids is 1. The SMILES string of the molecule is Brc1ccc2nc(-c3ccccn3)c(NCc3ccccc3)n2c1.CC(=O)O. The molecule has 7 heteroatoms. The highest BCUT2D eigenvalue weighted by atomic mass is 79.9. The van der Waals surface area contributed by atoms with Crippen LogP contribution in [0.4, 0.5) is 5.82 Å². The van der Waals surface area contributed by atoms with Crippen LogP contribution in [-0.2, 0) is 11.3 Å². The summed E-state index contributed by atoms with van der Waals surface area (Å²) in [6.07, 6.45) is 3.80. The van der Waals surface area contributed by atoms with E-state index in [4.69, 9.17) is 14.9 Å². The standard InChI is InChI=1S/C19H15BrN4.C2H4O2/c20-15-9-10-17-23-18(16-8-4-5-11-21-16)19(24(17)13-15)22-12-14-6-2-1-3-7-14;1-2(3)4/h1-11,13,22H,12H2;1H3,(H,3,4). The number of nitrogens with zero attached hydrogens (tertiary/aromatic N) is 3. The van der Waals surface area contributed by atoms with Gasteiger partial charge in [-0.3, -0.25) is 14.2 Å². The van der Waals surface area contributed by atoms with Gasteiger partial charge in [0.2, 0.25) is 0 Å². The van der Waals surface area contributed by atoms with E-state index in [9.17, 15) is 0 Å². The van der Waals surface area contributed by atoms with Crippen LogP contribution >= 0.6 is 15.9 Å². The Kier molecular flexibility index (Phi) is 6.39. The van der Waals surface area contributed by atoms with Crippen LogP contribution < -0.4 is 5.32 Å². The first kappa shape index (κ1) is 19.6. The van der Waals surface area contributed by atoms with Gasteiger partial charge in [0, 0.05) is 30.3 Å². The van der Waals surface area contributed by atoms with Crippen molar-refractivity contribution in [3.8, 4) is 11.4 Å². The van der Waals surface area contributed by atoms with Crippen LogP contribution in [0.15, 0.2) is 77.5 Å². The van der Waals surface area contributed by atoms with Crippen LogP contribution in [0.2, 0.25) is 0 Å². The Morgan fingerprint density at radius 3 is 2.50 bits per heavy atom. The molecule has 0 bridgehead atoms. The van der Waals surface area contributed by atoms with E-state index in [2.05, 4.69) is 42.8 Å². The zero-order valence-electron chi connectivity index (χ0n) is 15.2. The first-order chi connectivity index (χ1) is 13.5.